The minimum Gasteiger partial charge on any atom is -0.377 e. The van der Waals surface area contributed by atoms with Gasteiger partial charge in [-0.25, -0.2) is 22.8 Å². The van der Waals surface area contributed by atoms with Crippen LogP contribution in [0.25, 0.3) is 0 Å². The molecule has 3 rings (SSSR count). The molecule has 118 valence electrons. The fourth-order valence-electron chi connectivity index (χ4n) is 2.71. The van der Waals surface area contributed by atoms with Crippen molar-refractivity contribution in [1.82, 2.24) is 19.5 Å². The fourth-order valence-corrected chi connectivity index (χ4v) is 4.12. The zero-order valence-electron chi connectivity index (χ0n) is 12.3. The number of fused-ring (bicyclic) bond motifs is 1. The first-order valence-corrected chi connectivity index (χ1v) is 9.15. The number of aromatic nitrogens is 3. The van der Waals surface area contributed by atoms with Crippen molar-refractivity contribution >= 4 is 10.0 Å². The second kappa shape index (κ2) is 6.02. The smallest absolute Gasteiger partial charge is 0.212 e. The highest BCUT2D eigenvalue weighted by Gasteiger charge is 2.29. The molecule has 7 nitrogen and oxygen atoms in total. The number of sulfonamides is 1. The number of nitrogens with zero attached hydrogens (tertiary/aromatic N) is 3. The van der Waals surface area contributed by atoms with Gasteiger partial charge in [-0.2, -0.15) is 5.10 Å². The first kappa shape index (κ1) is 14.9. The van der Waals surface area contributed by atoms with E-state index in [1.807, 2.05) is 0 Å². The van der Waals surface area contributed by atoms with E-state index in [1.165, 1.54) is 12.8 Å². The van der Waals surface area contributed by atoms with Gasteiger partial charge in [0.1, 0.15) is 12.4 Å². The maximum absolute atomic E-state index is 12.2. The monoisotopic (exact) mass is 314 g/mol. The van der Waals surface area contributed by atoms with Gasteiger partial charge in [-0.15, -0.1) is 0 Å². The molecule has 1 N–H and O–H groups in total. The van der Waals surface area contributed by atoms with Gasteiger partial charge in [0, 0.05) is 13.7 Å². The van der Waals surface area contributed by atoms with Gasteiger partial charge >= 0.3 is 0 Å². The van der Waals surface area contributed by atoms with Crippen molar-refractivity contribution in [1.29, 1.82) is 0 Å². The van der Waals surface area contributed by atoms with Crippen LogP contribution in [0.4, 0.5) is 0 Å². The molecule has 0 radical (unpaired) electrons. The lowest BCUT2D eigenvalue weighted by Gasteiger charge is -2.22. The number of nitrogens with one attached hydrogen (secondary N) is 1. The Morgan fingerprint density at radius 1 is 1.38 bits per heavy atom. The zero-order chi connectivity index (χ0) is 14.9. The third-order valence-corrected chi connectivity index (χ3v) is 5.42. The molecule has 1 aliphatic heterocycles. The van der Waals surface area contributed by atoms with Gasteiger partial charge in [-0.3, -0.25) is 0 Å². The van der Waals surface area contributed by atoms with E-state index in [0.29, 0.717) is 24.2 Å². The summed E-state index contributed by atoms with van der Waals surface area (Å²) in [5, 5.41) is 4.35. The number of rotatable bonds is 7. The standard InChI is InChI=1S/C13H22N4O3S/c1-20-9-12-14-13-11(3-2-7-17(13)15-12)16-21(18,19)8-6-10-4-5-10/h10-11,16H,2-9H2,1H3. The van der Waals surface area contributed by atoms with E-state index in [-0.39, 0.29) is 11.8 Å². The van der Waals surface area contributed by atoms with Crippen LogP contribution in [0, 0.1) is 5.92 Å². The third-order valence-electron chi connectivity index (χ3n) is 4.01. The molecular formula is C13H22N4O3S. The average molecular weight is 314 g/mol. The largest absolute Gasteiger partial charge is 0.377 e. The zero-order valence-corrected chi connectivity index (χ0v) is 13.1. The van der Waals surface area contributed by atoms with Crippen LogP contribution in [0.5, 0.6) is 0 Å². The van der Waals surface area contributed by atoms with Gasteiger partial charge < -0.3 is 4.74 Å². The Kier molecular flexibility index (Phi) is 4.28. The molecule has 2 heterocycles. The maximum atomic E-state index is 12.2. The summed E-state index contributed by atoms with van der Waals surface area (Å²) in [6, 6.07) is -0.263. The van der Waals surface area contributed by atoms with E-state index >= 15 is 0 Å². The van der Waals surface area contributed by atoms with Crippen LogP contribution < -0.4 is 4.72 Å². The predicted molar refractivity (Wildman–Crippen MR) is 77.0 cm³/mol. The summed E-state index contributed by atoms with van der Waals surface area (Å²) in [7, 11) is -1.65. The van der Waals surface area contributed by atoms with Crippen LogP contribution in [0.3, 0.4) is 0 Å². The molecule has 8 heteroatoms. The molecule has 1 atom stereocenters. The normalized spacial score (nSPS) is 22.2. The van der Waals surface area contributed by atoms with Crippen LogP contribution in [-0.2, 0) is 27.9 Å². The SMILES string of the molecule is COCc1nc2n(n1)CCCC2NS(=O)(=O)CCC1CC1. The highest BCUT2D eigenvalue weighted by Crippen LogP contribution is 2.33. The number of hydrogen-bond donors (Lipinski definition) is 1. The fraction of sp³-hybridized carbons (Fsp3) is 0.846. The van der Waals surface area contributed by atoms with E-state index in [9.17, 15) is 8.42 Å². The minimum absolute atomic E-state index is 0.216. The molecular weight excluding hydrogens is 292 g/mol. The number of aryl methyl sites for hydroxylation is 1. The average Bonchev–Trinajstić information content (AvgIpc) is 3.17. The highest BCUT2D eigenvalue weighted by molar-refractivity contribution is 7.89. The Morgan fingerprint density at radius 2 is 2.19 bits per heavy atom. The lowest BCUT2D eigenvalue weighted by Crippen LogP contribution is -2.34. The molecule has 1 aliphatic carbocycles. The van der Waals surface area contributed by atoms with Gasteiger partial charge in [0.05, 0.1) is 11.8 Å². The Morgan fingerprint density at radius 3 is 2.90 bits per heavy atom. The number of methoxy groups -OCH3 is 1. The molecule has 0 amide bonds. The van der Waals surface area contributed by atoms with E-state index in [4.69, 9.17) is 4.74 Å². The van der Waals surface area contributed by atoms with Crippen molar-refractivity contribution in [3.05, 3.63) is 11.6 Å². The lowest BCUT2D eigenvalue weighted by atomic mass is 10.1. The first-order valence-electron chi connectivity index (χ1n) is 7.50. The van der Waals surface area contributed by atoms with Crippen LogP contribution in [-0.4, -0.2) is 36.0 Å². The molecule has 1 saturated carbocycles. The molecule has 0 saturated heterocycles. The van der Waals surface area contributed by atoms with Gasteiger partial charge in [-0.1, -0.05) is 12.8 Å². The van der Waals surface area contributed by atoms with Crippen LogP contribution in [0.1, 0.15) is 49.8 Å². The number of hydrogen-bond acceptors (Lipinski definition) is 5. The Balaban J connectivity index is 1.68. The summed E-state index contributed by atoms with van der Waals surface area (Å²) in [6.07, 6.45) is 4.79. The van der Waals surface area contributed by atoms with Crippen LogP contribution in [0.2, 0.25) is 0 Å². The van der Waals surface area contributed by atoms with Crippen molar-refractivity contribution in [3.63, 3.8) is 0 Å². The molecule has 0 aromatic carbocycles. The predicted octanol–water partition coefficient (Wildman–Crippen LogP) is 0.979. The summed E-state index contributed by atoms with van der Waals surface area (Å²) >= 11 is 0. The molecule has 2 aliphatic rings. The van der Waals surface area contributed by atoms with Crippen molar-refractivity contribution in [2.45, 2.75) is 51.3 Å². The van der Waals surface area contributed by atoms with Gasteiger partial charge in [0.25, 0.3) is 0 Å². The van der Waals surface area contributed by atoms with Gasteiger partial charge in [-0.05, 0) is 25.2 Å². The van der Waals surface area contributed by atoms with E-state index in [0.717, 1.165) is 25.8 Å². The van der Waals surface area contributed by atoms with Crippen molar-refractivity contribution in [2.24, 2.45) is 5.92 Å². The summed E-state index contributed by atoms with van der Waals surface area (Å²) in [5.74, 6) is 2.15. The molecule has 21 heavy (non-hydrogen) atoms. The molecule has 1 aromatic rings. The van der Waals surface area contributed by atoms with Gasteiger partial charge in [0.2, 0.25) is 10.0 Å². The quantitative estimate of drug-likeness (QED) is 0.811. The van der Waals surface area contributed by atoms with Gasteiger partial charge in [0.15, 0.2) is 5.82 Å². The molecule has 1 aromatic heterocycles. The molecule has 0 spiro atoms. The number of ether oxygens (including phenoxy) is 1. The van der Waals surface area contributed by atoms with Crippen molar-refractivity contribution in [2.75, 3.05) is 12.9 Å². The first-order chi connectivity index (χ1) is 10.1. The topological polar surface area (TPSA) is 86.1 Å². The summed E-state index contributed by atoms with van der Waals surface area (Å²) in [4.78, 5) is 4.41. The minimum atomic E-state index is -3.24. The molecule has 1 unspecified atom stereocenters. The second-order valence-corrected chi connectivity index (χ2v) is 7.78. The molecule has 1 fully saturated rings. The lowest BCUT2D eigenvalue weighted by molar-refractivity contribution is 0.177. The van der Waals surface area contributed by atoms with Crippen LogP contribution >= 0.6 is 0 Å². The van der Waals surface area contributed by atoms with E-state index in [2.05, 4.69) is 14.8 Å². The van der Waals surface area contributed by atoms with E-state index in [1.54, 1.807) is 11.8 Å². The van der Waals surface area contributed by atoms with E-state index < -0.39 is 10.0 Å². The second-order valence-electron chi connectivity index (χ2n) is 5.91. The van der Waals surface area contributed by atoms with Crippen LogP contribution in [0.15, 0.2) is 0 Å². The molecule has 0 bridgehead atoms. The third kappa shape index (κ3) is 3.81. The maximum Gasteiger partial charge on any atom is 0.212 e. The Hall–Kier alpha value is -0.990. The Bertz CT molecular complexity index is 595. The highest BCUT2D eigenvalue weighted by atomic mass is 32.2. The Labute approximate surface area is 125 Å². The van der Waals surface area contributed by atoms with Crippen molar-refractivity contribution < 1.29 is 13.2 Å². The summed E-state index contributed by atoms with van der Waals surface area (Å²) in [5.41, 5.74) is 0. The summed E-state index contributed by atoms with van der Waals surface area (Å²) < 4.78 is 34.0. The van der Waals surface area contributed by atoms with Crippen molar-refractivity contribution in [3.8, 4) is 0 Å². The summed E-state index contributed by atoms with van der Waals surface area (Å²) in [6.45, 7) is 1.13.